The van der Waals surface area contributed by atoms with Crippen LogP contribution in [0.15, 0.2) is 0 Å². The molecule has 0 aromatic carbocycles. The molecule has 0 heterocycles. The lowest BCUT2D eigenvalue weighted by molar-refractivity contribution is -0.109. The van der Waals surface area contributed by atoms with Crippen LogP contribution in [0.2, 0.25) is 0 Å². The minimum Gasteiger partial charge on any atom is -0.322 e. The Kier molecular flexibility index (Phi) is 2.11. The van der Waals surface area contributed by atoms with Crippen molar-refractivity contribution in [2.24, 2.45) is 0 Å². The van der Waals surface area contributed by atoms with Gasteiger partial charge in [0, 0.05) is 6.92 Å². The van der Waals surface area contributed by atoms with Crippen molar-refractivity contribution >= 4 is 14.0 Å². The van der Waals surface area contributed by atoms with Gasteiger partial charge in [0.05, 0.1) is 0 Å². The normalized spacial score (nSPS) is 9.80. The van der Waals surface area contributed by atoms with Crippen LogP contribution in [0.1, 0.15) is 6.92 Å². The van der Waals surface area contributed by atoms with Gasteiger partial charge < -0.3 is 4.57 Å². The zero-order valence-corrected chi connectivity index (χ0v) is 4.05. The molecule has 0 aliphatic heterocycles. The van der Waals surface area contributed by atoms with Gasteiger partial charge in [0.1, 0.15) is 8.46 Å². The van der Waals surface area contributed by atoms with Crippen LogP contribution in [0.3, 0.4) is 0 Å². The number of rotatable bonds is 1. The second kappa shape index (κ2) is 2.16. The maximum Gasteiger partial charge on any atom is 0.182 e. The summed E-state index contributed by atoms with van der Waals surface area (Å²) < 4.78 is 9.36. The molecule has 30 valence electrons. The highest BCUT2D eigenvalue weighted by molar-refractivity contribution is 7.45. The van der Waals surface area contributed by atoms with Gasteiger partial charge in [-0.05, 0) is 0 Å². The van der Waals surface area contributed by atoms with Crippen molar-refractivity contribution in [3.05, 3.63) is 0 Å². The number of carbonyl (C=O) groups is 1. The van der Waals surface area contributed by atoms with Crippen LogP contribution >= 0.6 is 8.46 Å². The van der Waals surface area contributed by atoms with Crippen LogP contribution < -0.4 is 0 Å². The highest BCUT2D eigenvalue weighted by Gasteiger charge is 1.74. The first-order chi connectivity index (χ1) is 2.27. The average molecular weight is 92.0 g/mol. The van der Waals surface area contributed by atoms with E-state index in [1.807, 2.05) is 0 Å². The molecular formula is C2H5O2P. The summed E-state index contributed by atoms with van der Waals surface area (Å²) in [5.74, 6) is 0. The van der Waals surface area contributed by atoms with Crippen molar-refractivity contribution in [2.45, 2.75) is 6.92 Å². The maximum atomic E-state index is 9.54. The minimum atomic E-state index is -1.16. The van der Waals surface area contributed by atoms with Gasteiger partial charge in [-0.2, -0.15) is 0 Å². The lowest BCUT2D eigenvalue weighted by Gasteiger charge is -1.59. The molecular weight excluding hydrogens is 87.0 g/mol. The first-order valence-electron chi connectivity index (χ1n) is 1.23. The molecule has 0 rings (SSSR count). The van der Waals surface area contributed by atoms with Gasteiger partial charge in [0.2, 0.25) is 0 Å². The van der Waals surface area contributed by atoms with E-state index < -0.39 is 8.46 Å². The molecule has 0 aromatic heterocycles. The summed E-state index contributed by atoms with van der Waals surface area (Å²) in [7, 11) is -1.16. The third kappa shape index (κ3) is 3.90. The van der Waals surface area contributed by atoms with Crippen LogP contribution in [0, 0.1) is 0 Å². The number of hydrogen-bond donors (Lipinski definition) is 0. The molecule has 0 fully saturated rings. The van der Waals surface area contributed by atoms with Crippen LogP contribution in [-0.2, 0) is 9.36 Å². The Morgan fingerprint density at radius 2 is 2.00 bits per heavy atom. The molecule has 0 aliphatic carbocycles. The topological polar surface area (TPSA) is 34.1 Å². The summed E-state index contributed by atoms with van der Waals surface area (Å²) >= 11 is 0. The number of hydrogen-bond acceptors (Lipinski definition) is 2. The van der Waals surface area contributed by atoms with Crippen molar-refractivity contribution in [3.63, 3.8) is 0 Å². The predicted molar refractivity (Wildman–Crippen MR) is 21.1 cm³/mol. The molecule has 5 heavy (non-hydrogen) atoms. The Morgan fingerprint density at radius 3 is 2.00 bits per heavy atom. The SMILES string of the molecule is CC(=O)[PH2]=O. The molecule has 0 saturated carbocycles. The largest absolute Gasteiger partial charge is 0.322 e. The zero-order valence-electron chi connectivity index (χ0n) is 2.89. The predicted octanol–water partition coefficient (Wildman–Crippen LogP) is 0.289. The highest BCUT2D eigenvalue weighted by atomic mass is 31.1. The first kappa shape index (κ1) is 4.90. The lowest BCUT2D eigenvalue weighted by Crippen LogP contribution is -1.64. The zero-order chi connectivity index (χ0) is 4.28. The Hall–Kier alpha value is -0.100. The van der Waals surface area contributed by atoms with Gasteiger partial charge in [-0.25, -0.2) is 0 Å². The molecule has 1 atom stereocenters. The molecule has 1 unspecified atom stereocenters. The van der Waals surface area contributed by atoms with Crippen LogP contribution in [0.4, 0.5) is 0 Å². The Balaban J connectivity index is 3.20. The van der Waals surface area contributed by atoms with E-state index in [-0.39, 0.29) is 5.52 Å². The van der Waals surface area contributed by atoms with Crippen LogP contribution in [0.25, 0.3) is 0 Å². The summed E-state index contributed by atoms with van der Waals surface area (Å²) in [6.07, 6.45) is 0. The van der Waals surface area contributed by atoms with E-state index in [2.05, 4.69) is 0 Å². The van der Waals surface area contributed by atoms with Crippen molar-refractivity contribution in [2.75, 3.05) is 0 Å². The van der Waals surface area contributed by atoms with E-state index in [9.17, 15) is 9.36 Å². The monoisotopic (exact) mass is 92.0 g/mol. The van der Waals surface area contributed by atoms with Crippen LogP contribution in [0.5, 0.6) is 0 Å². The van der Waals surface area contributed by atoms with E-state index in [1.165, 1.54) is 6.92 Å². The van der Waals surface area contributed by atoms with E-state index >= 15 is 0 Å². The lowest BCUT2D eigenvalue weighted by atomic mass is 10.9. The van der Waals surface area contributed by atoms with Gasteiger partial charge in [0.25, 0.3) is 0 Å². The summed E-state index contributed by atoms with van der Waals surface area (Å²) in [6.45, 7) is 1.31. The molecule has 0 aliphatic rings. The fourth-order valence-corrected chi connectivity index (χ4v) is 0. The molecule has 0 N–H and O–H groups in total. The van der Waals surface area contributed by atoms with E-state index in [0.29, 0.717) is 0 Å². The van der Waals surface area contributed by atoms with Crippen molar-refractivity contribution in [1.29, 1.82) is 0 Å². The molecule has 2 nitrogen and oxygen atoms in total. The summed E-state index contributed by atoms with van der Waals surface area (Å²) in [5.41, 5.74) is -0.218. The molecule has 0 spiro atoms. The average Bonchev–Trinajstić information content (AvgIpc) is 1.38. The summed E-state index contributed by atoms with van der Waals surface area (Å²) in [5, 5.41) is 0. The van der Waals surface area contributed by atoms with E-state index in [1.54, 1.807) is 0 Å². The third-order valence-electron chi connectivity index (χ3n) is 0.166. The van der Waals surface area contributed by atoms with Crippen molar-refractivity contribution in [1.82, 2.24) is 0 Å². The molecule has 0 saturated heterocycles. The minimum absolute atomic E-state index is 0.218. The Labute approximate surface area is 31.4 Å². The quantitative estimate of drug-likeness (QED) is 0.435. The number of carbonyl (C=O) groups excluding carboxylic acids is 1. The first-order valence-corrected chi connectivity index (χ1v) is 2.28. The Bertz CT molecular complexity index is 58.7. The smallest absolute Gasteiger partial charge is 0.182 e. The van der Waals surface area contributed by atoms with Gasteiger partial charge >= 0.3 is 0 Å². The summed E-state index contributed by atoms with van der Waals surface area (Å²) in [6, 6.07) is 0. The molecule has 0 radical (unpaired) electrons. The van der Waals surface area contributed by atoms with Gasteiger partial charge in [0.15, 0.2) is 5.52 Å². The van der Waals surface area contributed by atoms with Crippen molar-refractivity contribution < 1.29 is 9.36 Å². The van der Waals surface area contributed by atoms with Crippen molar-refractivity contribution in [3.8, 4) is 0 Å². The van der Waals surface area contributed by atoms with Gasteiger partial charge in [-0.15, -0.1) is 0 Å². The fourth-order valence-electron chi connectivity index (χ4n) is 0. The van der Waals surface area contributed by atoms with E-state index in [0.717, 1.165) is 0 Å². The maximum absolute atomic E-state index is 9.54. The third-order valence-corrected chi connectivity index (χ3v) is 0.498. The summed E-state index contributed by atoms with van der Waals surface area (Å²) in [4.78, 5) is 9.54. The Morgan fingerprint density at radius 1 is 1.80 bits per heavy atom. The molecule has 0 bridgehead atoms. The van der Waals surface area contributed by atoms with Crippen LogP contribution in [-0.4, -0.2) is 5.52 Å². The second-order valence-electron chi connectivity index (χ2n) is 0.729. The molecule has 0 amide bonds. The molecule has 3 heteroatoms. The standard InChI is InChI=1S/C2H5O2P/c1-2(3)5-4/h5H2,1H3. The van der Waals surface area contributed by atoms with Gasteiger partial charge in [-0.1, -0.05) is 0 Å². The second-order valence-corrected chi connectivity index (χ2v) is 1.78. The van der Waals surface area contributed by atoms with E-state index in [4.69, 9.17) is 0 Å². The highest BCUT2D eigenvalue weighted by Crippen LogP contribution is 1.87. The molecule has 0 aromatic rings. The van der Waals surface area contributed by atoms with Gasteiger partial charge in [-0.3, -0.25) is 4.79 Å². The fraction of sp³-hybridized carbons (Fsp3) is 0.500.